The number of morpholine rings is 1. The average molecular weight is 361 g/mol. The average Bonchev–Trinajstić information content (AvgIpc) is 3.49. The van der Waals surface area contributed by atoms with Crippen molar-refractivity contribution < 1.29 is 14.3 Å². The third-order valence-electron chi connectivity index (χ3n) is 4.79. The molecule has 1 saturated carbocycles. The Morgan fingerprint density at radius 2 is 1.85 bits per heavy atom. The molecule has 6 nitrogen and oxygen atoms in total. The lowest BCUT2D eigenvalue weighted by Gasteiger charge is -2.26. The Kier molecular flexibility index (Phi) is 7.73. The Morgan fingerprint density at radius 1 is 1.12 bits per heavy atom. The lowest BCUT2D eigenvalue weighted by atomic mass is 10.1. The van der Waals surface area contributed by atoms with E-state index >= 15 is 0 Å². The van der Waals surface area contributed by atoms with E-state index in [1.807, 2.05) is 0 Å². The lowest BCUT2D eigenvalue weighted by Crippen LogP contribution is -2.36. The van der Waals surface area contributed by atoms with Crippen LogP contribution in [-0.4, -0.2) is 57.0 Å². The molecule has 0 radical (unpaired) electrons. The van der Waals surface area contributed by atoms with Crippen molar-refractivity contribution in [3.63, 3.8) is 0 Å². The van der Waals surface area contributed by atoms with Gasteiger partial charge in [-0.25, -0.2) is 4.79 Å². The number of rotatable bonds is 10. The van der Waals surface area contributed by atoms with E-state index in [0.29, 0.717) is 13.1 Å². The number of urea groups is 1. The second-order valence-electron chi connectivity index (χ2n) is 7.19. The molecule has 2 N–H and O–H groups in total. The zero-order valence-electron chi connectivity index (χ0n) is 15.5. The van der Waals surface area contributed by atoms with Gasteiger partial charge in [0, 0.05) is 45.9 Å². The predicted octanol–water partition coefficient (Wildman–Crippen LogP) is 2.13. The second-order valence-corrected chi connectivity index (χ2v) is 7.19. The number of ether oxygens (including phenoxy) is 2. The van der Waals surface area contributed by atoms with Gasteiger partial charge in [-0.1, -0.05) is 24.3 Å². The summed E-state index contributed by atoms with van der Waals surface area (Å²) in [6.07, 6.45) is 3.49. The molecule has 1 aliphatic heterocycles. The molecular formula is C20H31N3O3. The molecule has 0 spiro atoms. The van der Waals surface area contributed by atoms with E-state index < -0.39 is 0 Å². The van der Waals surface area contributed by atoms with Crippen LogP contribution in [0.2, 0.25) is 0 Å². The highest BCUT2D eigenvalue weighted by atomic mass is 16.5. The Morgan fingerprint density at radius 3 is 2.58 bits per heavy atom. The van der Waals surface area contributed by atoms with E-state index in [9.17, 15) is 4.79 Å². The quantitative estimate of drug-likeness (QED) is 0.627. The van der Waals surface area contributed by atoms with Crippen LogP contribution < -0.4 is 10.6 Å². The van der Waals surface area contributed by atoms with Crippen molar-refractivity contribution in [2.24, 2.45) is 5.92 Å². The summed E-state index contributed by atoms with van der Waals surface area (Å²) in [4.78, 5) is 14.2. The molecule has 0 atom stereocenters. The van der Waals surface area contributed by atoms with Crippen LogP contribution in [0.25, 0.3) is 0 Å². The maximum absolute atomic E-state index is 11.8. The summed E-state index contributed by atoms with van der Waals surface area (Å²) >= 11 is 0. The van der Waals surface area contributed by atoms with Crippen LogP contribution in [0, 0.1) is 5.92 Å². The largest absolute Gasteiger partial charge is 0.381 e. The Hall–Kier alpha value is -1.63. The van der Waals surface area contributed by atoms with Gasteiger partial charge in [0.1, 0.15) is 0 Å². The number of benzene rings is 1. The van der Waals surface area contributed by atoms with Gasteiger partial charge >= 0.3 is 6.03 Å². The van der Waals surface area contributed by atoms with Crippen LogP contribution in [0.3, 0.4) is 0 Å². The first-order chi connectivity index (χ1) is 12.8. The molecule has 2 fully saturated rings. The Bertz CT molecular complexity index is 540. The highest BCUT2D eigenvalue weighted by Crippen LogP contribution is 2.28. The minimum atomic E-state index is -0.121. The second kappa shape index (κ2) is 10.5. The summed E-state index contributed by atoms with van der Waals surface area (Å²) < 4.78 is 10.9. The fourth-order valence-corrected chi connectivity index (χ4v) is 2.94. The fraction of sp³-hybridized carbons (Fsp3) is 0.650. The minimum absolute atomic E-state index is 0.121. The number of carbonyl (C=O) groups excluding carboxylic acids is 1. The molecule has 1 aromatic rings. The number of amides is 2. The molecule has 144 valence electrons. The van der Waals surface area contributed by atoms with E-state index in [-0.39, 0.29) is 6.03 Å². The van der Waals surface area contributed by atoms with E-state index in [1.165, 1.54) is 18.4 Å². The van der Waals surface area contributed by atoms with Crippen molar-refractivity contribution in [3.05, 3.63) is 35.4 Å². The van der Waals surface area contributed by atoms with Gasteiger partial charge in [-0.05, 0) is 36.3 Å². The van der Waals surface area contributed by atoms with E-state index in [1.54, 1.807) is 0 Å². The Balaban J connectivity index is 1.25. The monoisotopic (exact) mass is 361 g/mol. The molecule has 0 bridgehead atoms. The van der Waals surface area contributed by atoms with Gasteiger partial charge in [0.05, 0.1) is 13.2 Å². The normalized spacial score (nSPS) is 17.8. The highest BCUT2D eigenvalue weighted by Gasteiger charge is 2.20. The molecule has 1 aromatic carbocycles. The van der Waals surface area contributed by atoms with Crippen LogP contribution in [0.1, 0.15) is 30.4 Å². The van der Waals surface area contributed by atoms with Gasteiger partial charge in [-0.2, -0.15) is 0 Å². The maximum Gasteiger partial charge on any atom is 0.315 e. The zero-order chi connectivity index (χ0) is 18.0. The number of carbonyl (C=O) groups is 1. The zero-order valence-corrected chi connectivity index (χ0v) is 15.5. The third kappa shape index (κ3) is 7.32. The molecule has 2 amide bonds. The van der Waals surface area contributed by atoms with Gasteiger partial charge in [-0.3, -0.25) is 4.90 Å². The van der Waals surface area contributed by atoms with Crippen molar-refractivity contribution >= 4 is 6.03 Å². The highest BCUT2D eigenvalue weighted by molar-refractivity contribution is 5.73. The van der Waals surface area contributed by atoms with Gasteiger partial charge < -0.3 is 20.1 Å². The fourth-order valence-electron chi connectivity index (χ4n) is 2.94. The first-order valence-electron chi connectivity index (χ1n) is 9.77. The summed E-state index contributed by atoms with van der Waals surface area (Å²) in [5.41, 5.74) is 2.41. The smallest absolute Gasteiger partial charge is 0.315 e. The molecule has 2 aliphatic rings. The van der Waals surface area contributed by atoms with Gasteiger partial charge in [0.25, 0.3) is 0 Å². The van der Waals surface area contributed by atoms with Crippen molar-refractivity contribution in [2.45, 2.75) is 32.4 Å². The standard InChI is InChI=1S/C20H31N3O3/c24-20(21-8-1-11-26-16-19-6-7-19)22-14-17-2-4-18(5-3-17)15-23-9-12-25-13-10-23/h2-5,19H,1,6-16H2,(H2,21,22,24). The van der Waals surface area contributed by atoms with E-state index in [2.05, 4.69) is 39.8 Å². The predicted molar refractivity (Wildman–Crippen MR) is 101 cm³/mol. The molecule has 1 aliphatic carbocycles. The van der Waals surface area contributed by atoms with Gasteiger partial charge in [-0.15, -0.1) is 0 Å². The van der Waals surface area contributed by atoms with Crippen LogP contribution in [-0.2, 0) is 22.6 Å². The van der Waals surface area contributed by atoms with Crippen molar-refractivity contribution in [1.29, 1.82) is 0 Å². The van der Waals surface area contributed by atoms with Crippen molar-refractivity contribution in [3.8, 4) is 0 Å². The van der Waals surface area contributed by atoms with Crippen LogP contribution in [0.15, 0.2) is 24.3 Å². The summed E-state index contributed by atoms with van der Waals surface area (Å²) in [6.45, 7) is 7.39. The number of nitrogens with one attached hydrogen (secondary N) is 2. The maximum atomic E-state index is 11.8. The summed E-state index contributed by atoms with van der Waals surface area (Å²) in [7, 11) is 0. The molecule has 0 aromatic heterocycles. The van der Waals surface area contributed by atoms with Gasteiger partial charge in [0.2, 0.25) is 0 Å². The van der Waals surface area contributed by atoms with Gasteiger partial charge in [0.15, 0.2) is 0 Å². The molecule has 3 rings (SSSR count). The molecule has 0 unspecified atom stereocenters. The molecule has 6 heteroatoms. The first-order valence-corrected chi connectivity index (χ1v) is 9.77. The van der Waals surface area contributed by atoms with E-state index in [0.717, 1.165) is 64.0 Å². The first kappa shape index (κ1) is 19.1. The summed E-state index contributed by atoms with van der Waals surface area (Å²) in [5, 5.41) is 5.77. The minimum Gasteiger partial charge on any atom is -0.381 e. The SMILES string of the molecule is O=C(NCCCOCC1CC1)NCc1ccc(CN2CCOCC2)cc1. The summed E-state index contributed by atoms with van der Waals surface area (Å²) in [6, 6.07) is 8.33. The van der Waals surface area contributed by atoms with Crippen molar-refractivity contribution in [1.82, 2.24) is 15.5 Å². The third-order valence-corrected chi connectivity index (χ3v) is 4.79. The number of hydrogen-bond donors (Lipinski definition) is 2. The topological polar surface area (TPSA) is 62.8 Å². The van der Waals surface area contributed by atoms with Crippen LogP contribution >= 0.6 is 0 Å². The molecule has 1 heterocycles. The van der Waals surface area contributed by atoms with E-state index in [4.69, 9.17) is 9.47 Å². The lowest BCUT2D eigenvalue weighted by molar-refractivity contribution is 0.0342. The molecule has 1 saturated heterocycles. The molecule has 26 heavy (non-hydrogen) atoms. The number of nitrogens with zero attached hydrogens (tertiary/aromatic N) is 1. The number of hydrogen-bond acceptors (Lipinski definition) is 4. The van der Waals surface area contributed by atoms with Crippen molar-refractivity contribution in [2.75, 3.05) is 46.1 Å². The van der Waals surface area contributed by atoms with Crippen LogP contribution in [0.4, 0.5) is 4.79 Å². The molecular weight excluding hydrogens is 330 g/mol. The summed E-state index contributed by atoms with van der Waals surface area (Å²) in [5.74, 6) is 0.798. The van der Waals surface area contributed by atoms with Crippen LogP contribution in [0.5, 0.6) is 0 Å². The Labute approximate surface area is 156 Å².